The zero-order valence-corrected chi connectivity index (χ0v) is 13.2. The quantitative estimate of drug-likeness (QED) is 0.646. The van der Waals surface area contributed by atoms with Gasteiger partial charge in [-0.2, -0.15) is 0 Å². The van der Waals surface area contributed by atoms with E-state index in [1.165, 1.54) is 0 Å². The Morgan fingerprint density at radius 3 is 2.68 bits per heavy atom. The molecule has 0 bridgehead atoms. The Kier molecular flexibility index (Phi) is 7.28. The largest absolute Gasteiger partial charge is 0.381 e. The average Bonchev–Trinajstić information content (AvgIpc) is 2.80. The first-order valence-corrected chi connectivity index (χ1v) is 8.85. The highest BCUT2D eigenvalue weighted by Gasteiger charge is 2.27. The number of nitrogens with zero attached hydrogens (tertiary/aromatic N) is 1. The van der Waals surface area contributed by atoms with Gasteiger partial charge in [0.1, 0.15) is 0 Å². The smallest absolute Gasteiger partial charge is 0.216 e. The SMILES string of the molecule is CCOCCS(=O)(=O)N(CC(C)C)CC1CCCN1. The van der Waals surface area contributed by atoms with Crippen LogP contribution >= 0.6 is 0 Å². The van der Waals surface area contributed by atoms with Crippen LogP contribution in [0, 0.1) is 5.92 Å². The average molecular weight is 292 g/mol. The van der Waals surface area contributed by atoms with Crippen molar-refractivity contribution in [3.63, 3.8) is 0 Å². The van der Waals surface area contributed by atoms with Gasteiger partial charge in [-0.1, -0.05) is 13.8 Å². The van der Waals surface area contributed by atoms with E-state index in [2.05, 4.69) is 5.32 Å². The second-order valence-electron chi connectivity index (χ2n) is 5.52. The van der Waals surface area contributed by atoms with Crippen LogP contribution < -0.4 is 5.32 Å². The Morgan fingerprint density at radius 2 is 2.16 bits per heavy atom. The number of ether oxygens (including phenoxy) is 1. The maximum absolute atomic E-state index is 12.3. The van der Waals surface area contributed by atoms with Crippen LogP contribution in [0.1, 0.15) is 33.6 Å². The van der Waals surface area contributed by atoms with Crippen molar-refractivity contribution in [1.29, 1.82) is 0 Å². The first kappa shape index (κ1) is 16.9. The molecule has 1 fully saturated rings. The number of nitrogens with one attached hydrogen (secondary N) is 1. The van der Waals surface area contributed by atoms with Crippen molar-refractivity contribution in [1.82, 2.24) is 9.62 Å². The Balaban J connectivity index is 2.59. The van der Waals surface area contributed by atoms with Gasteiger partial charge in [-0.3, -0.25) is 0 Å². The summed E-state index contributed by atoms with van der Waals surface area (Å²) in [5, 5.41) is 3.36. The summed E-state index contributed by atoms with van der Waals surface area (Å²) in [6.07, 6.45) is 2.20. The third kappa shape index (κ3) is 6.21. The lowest BCUT2D eigenvalue weighted by Crippen LogP contribution is -2.44. The zero-order chi connectivity index (χ0) is 14.3. The van der Waals surface area contributed by atoms with Crippen molar-refractivity contribution in [3.05, 3.63) is 0 Å². The summed E-state index contributed by atoms with van der Waals surface area (Å²) in [6.45, 7) is 9.00. The van der Waals surface area contributed by atoms with Crippen molar-refractivity contribution in [2.45, 2.75) is 39.7 Å². The van der Waals surface area contributed by atoms with Crippen molar-refractivity contribution in [2.75, 3.05) is 38.6 Å². The first-order valence-electron chi connectivity index (χ1n) is 7.24. The molecule has 1 rings (SSSR count). The van der Waals surface area contributed by atoms with Gasteiger partial charge >= 0.3 is 0 Å². The maximum Gasteiger partial charge on any atom is 0.216 e. The van der Waals surface area contributed by atoms with Crippen LogP contribution in [0.15, 0.2) is 0 Å². The molecule has 0 radical (unpaired) electrons. The van der Waals surface area contributed by atoms with Crippen LogP contribution in [-0.2, 0) is 14.8 Å². The van der Waals surface area contributed by atoms with Gasteiger partial charge in [0.2, 0.25) is 10.0 Å². The Morgan fingerprint density at radius 1 is 1.42 bits per heavy atom. The molecule has 19 heavy (non-hydrogen) atoms. The van der Waals surface area contributed by atoms with Crippen LogP contribution in [0.3, 0.4) is 0 Å². The van der Waals surface area contributed by atoms with Crippen LogP contribution in [0.2, 0.25) is 0 Å². The minimum atomic E-state index is -3.21. The molecule has 5 nitrogen and oxygen atoms in total. The van der Waals surface area contributed by atoms with Gasteiger partial charge in [-0.25, -0.2) is 12.7 Å². The third-order valence-corrected chi connectivity index (χ3v) is 5.01. The first-order chi connectivity index (χ1) is 8.95. The zero-order valence-electron chi connectivity index (χ0n) is 12.4. The van der Waals surface area contributed by atoms with E-state index in [4.69, 9.17) is 4.74 Å². The molecule has 0 amide bonds. The molecular formula is C13H28N2O3S. The molecule has 0 aromatic rings. The molecule has 1 N–H and O–H groups in total. The molecule has 1 aliphatic rings. The molecule has 1 atom stereocenters. The van der Waals surface area contributed by atoms with Crippen LogP contribution in [-0.4, -0.2) is 57.4 Å². The molecular weight excluding hydrogens is 264 g/mol. The fraction of sp³-hybridized carbons (Fsp3) is 1.00. The predicted octanol–water partition coefficient (Wildman–Crippen LogP) is 1.06. The minimum absolute atomic E-state index is 0.0836. The lowest BCUT2D eigenvalue weighted by Gasteiger charge is -2.26. The summed E-state index contributed by atoms with van der Waals surface area (Å²) in [7, 11) is -3.21. The lowest BCUT2D eigenvalue weighted by atomic mass is 10.2. The second-order valence-corrected chi connectivity index (χ2v) is 7.61. The molecule has 1 aliphatic heterocycles. The maximum atomic E-state index is 12.3. The van der Waals surface area contributed by atoms with Gasteiger partial charge in [-0.15, -0.1) is 0 Å². The molecule has 1 unspecified atom stereocenters. The monoisotopic (exact) mass is 292 g/mol. The van der Waals surface area contributed by atoms with E-state index in [1.54, 1.807) is 4.31 Å². The summed E-state index contributed by atoms with van der Waals surface area (Å²) in [6, 6.07) is 0.306. The van der Waals surface area contributed by atoms with E-state index in [1.807, 2.05) is 20.8 Å². The van der Waals surface area contributed by atoms with E-state index in [0.29, 0.717) is 31.7 Å². The van der Waals surface area contributed by atoms with Crippen LogP contribution in [0.25, 0.3) is 0 Å². The fourth-order valence-electron chi connectivity index (χ4n) is 2.30. The Bertz CT molecular complexity index is 338. The molecule has 1 heterocycles. The summed E-state index contributed by atoms with van der Waals surface area (Å²) >= 11 is 0. The summed E-state index contributed by atoms with van der Waals surface area (Å²) in [4.78, 5) is 0. The molecule has 0 aliphatic carbocycles. The molecule has 0 spiro atoms. The van der Waals surface area contributed by atoms with E-state index in [-0.39, 0.29) is 12.4 Å². The summed E-state index contributed by atoms with van der Waals surface area (Å²) in [5.74, 6) is 0.420. The molecule has 0 aromatic heterocycles. The fourth-order valence-corrected chi connectivity index (χ4v) is 3.82. The molecule has 6 heteroatoms. The van der Waals surface area contributed by atoms with Gasteiger partial charge < -0.3 is 10.1 Å². The summed E-state index contributed by atoms with van der Waals surface area (Å²) < 4.78 is 31.5. The van der Waals surface area contributed by atoms with E-state index < -0.39 is 10.0 Å². The van der Waals surface area contributed by atoms with Gasteiger partial charge in [0.05, 0.1) is 12.4 Å². The summed E-state index contributed by atoms with van der Waals surface area (Å²) in [5.41, 5.74) is 0. The molecule has 0 aromatic carbocycles. The number of hydrogen-bond acceptors (Lipinski definition) is 4. The van der Waals surface area contributed by atoms with E-state index in [9.17, 15) is 8.42 Å². The van der Waals surface area contributed by atoms with Crippen molar-refractivity contribution >= 4 is 10.0 Å². The van der Waals surface area contributed by atoms with Gasteiger partial charge in [-0.05, 0) is 32.2 Å². The van der Waals surface area contributed by atoms with Crippen LogP contribution in [0.5, 0.6) is 0 Å². The van der Waals surface area contributed by atoms with Gasteiger partial charge in [0, 0.05) is 25.7 Å². The highest BCUT2D eigenvalue weighted by atomic mass is 32.2. The number of rotatable bonds is 9. The Hall–Kier alpha value is -0.170. The van der Waals surface area contributed by atoms with Gasteiger partial charge in [0.15, 0.2) is 0 Å². The normalized spacial score (nSPS) is 20.6. The minimum Gasteiger partial charge on any atom is -0.381 e. The number of sulfonamides is 1. The van der Waals surface area contributed by atoms with E-state index in [0.717, 1.165) is 19.4 Å². The molecule has 1 saturated heterocycles. The Labute approximate surface area is 117 Å². The molecule has 114 valence electrons. The predicted molar refractivity (Wildman–Crippen MR) is 77.7 cm³/mol. The lowest BCUT2D eigenvalue weighted by molar-refractivity contribution is 0.162. The highest BCUT2D eigenvalue weighted by Crippen LogP contribution is 2.12. The van der Waals surface area contributed by atoms with E-state index >= 15 is 0 Å². The van der Waals surface area contributed by atoms with Crippen LogP contribution in [0.4, 0.5) is 0 Å². The highest BCUT2D eigenvalue weighted by molar-refractivity contribution is 7.89. The standard InChI is InChI=1S/C13H28N2O3S/c1-4-18-8-9-19(16,17)15(10-12(2)3)11-13-6-5-7-14-13/h12-14H,4-11H2,1-3H3. The van der Waals surface area contributed by atoms with Crippen molar-refractivity contribution in [2.24, 2.45) is 5.92 Å². The van der Waals surface area contributed by atoms with Gasteiger partial charge in [0.25, 0.3) is 0 Å². The number of hydrogen-bond donors (Lipinski definition) is 1. The van der Waals surface area contributed by atoms with Crippen molar-refractivity contribution < 1.29 is 13.2 Å². The second kappa shape index (κ2) is 8.19. The third-order valence-electron chi connectivity index (χ3n) is 3.24. The topological polar surface area (TPSA) is 58.6 Å². The van der Waals surface area contributed by atoms with Crippen molar-refractivity contribution in [3.8, 4) is 0 Å². The molecule has 0 saturated carbocycles.